The molecular weight excluding hydrogens is 210 g/mol. The van der Waals surface area contributed by atoms with Gasteiger partial charge in [0.15, 0.2) is 0 Å². The number of rotatable bonds is 7. The van der Waals surface area contributed by atoms with Crippen molar-refractivity contribution >= 4 is 11.0 Å². The molecule has 17 heavy (non-hydrogen) atoms. The first-order valence-corrected chi connectivity index (χ1v) is 6.72. The van der Waals surface area contributed by atoms with Gasteiger partial charge in [-0.2, -0.15) is 0 Å². The molecule has 0 bridgehead atoms. The molecule has 0 aliphatic heterocycles. The van der Waals surface area contributed by atoms with E-state index in [1.165, 1.54) is 38.5 Å². The minimum atomic E-state index is 0.959. The Morgan fingerprint density at radius 3 is 2.76 bits per heavy atom. The fourth-order valence-electron chi connectivity index (χ4n) is 2.14. The van der Waals surface area contributed by atoms with Gasteiger partial charge in [0.1, 0.15) is 11.3 Å². The van der Waals surface area contributed by atoms with Crippen molar-refractivity contribution in [3.63, 3.8) is 0 Å². The van der Waals surface area contributed by atoms with Crippen LogP contribution >= 0.6 is 0 Å². The molecule has 2 aromatic rings. The number of nitrogens with zero attached hydrogens (tertiary/aromatic N) is 1. The first-order chi connectivity index (χ1) is 8.40. The first-order valence-electron chi connectivity index (χ1n) is 6.72. The minimum absolute atomic E-state index is 0.959. The van der Waals surface area contributed by atoms with Gasteiger partial charge in [0, 0.05) is 24.2 Å². The summed E-state index contributed by atoms with van der Waals surface area (Å²) < 4.78 is 5.76. The topological polar surface area (TPSA) is 26.0 Å². The predicted octanol–water partition coefficient (Wildman–Crippen LogP) is 4.73. The normalized spacial score (nSPS) is 11.1. The van der Waals surface area contributed by atoms with Crippen molar-refractivity contribution in [2.45, 2.75) is 51.9 Å². The molecule has 0 saturated carbocycles. The van der Waals surface area contributed by atoms with Crippen LogP contribution in [0, 0.1) is 0 Å². The van der Waals surface area contributed by atoms with Crippen LogP contribution in [0.3, 0.4) is 0 Å². The standard InChI is InChI=1S/C15H21NO/c1-2-3-4-5-6-7-8-14-11-13-12-16-10-9-15(13)17-14/h9-12H,2-8H2,1H3. The van der Waals surface area contributed by atoms with Crippen LogP contribution in [0.15, 0.2) is 28.9 Å². The molecule has 2 rings (SSSR count). The molecule has 2 heterocycles. The van der Waals surface area contributed by atoms with Gasteiger partial charge >= 0.3 is 0 Å². The lowest BCUT2D eigenvalue weighted by Crippen LogP contribution is -1.83. The van der Waals surface area contributed by atoms with Crippen LogP contribution < -0.4 is 0 Å². The number of hydrogen-bond acceptors (Lipinski definition) is 2. The zero-order chi connectivity index (χ0) is 11.9. The number of hydrogen-bond donors (Lipinski definition) is 0. The Morgan fingerprint density at radius 2 is 1.94 bits per heavy atom. The second kappa shape index (κ2) is 6.43. The highest BCUT2D eigenvalue weighted by Crippen LogP contribution is 2.19. The Morgan fingerprint density at radius 1 is 1.12 bits per heavy atom. The van der Waals surface area contributed by atoms with Crippen LogP contribution in [0.4, 0.5) is 0 Å². The summed E-state index contributed by atoms with van der Waals surface area (Å²) in [5, 5.41) is 1.12. The Hall–Kier alpha value is -1.31. The predicted molar refractivity (Wildman–Crippen MR) is 71.1 cm³/mol. The SMILES string of the molecule is CCCCCCCCc1cc2cnccc2o1. The molecule has 0 spiro atoms. The van der Waals surface area contributed by atoms with E-state index >= 15 is 0 Å². The van der Waals surface area contributed by atoms with E-state index < -0.39 is 0 Å². The van der Waals surface area contributed by atoms with Crippen LogP contribution in [0.5, 0.6) is 0 Å². The highest BCUT2D eigenvalue weighted by atomic mass is 16.3. The summed E-state index contributed by atoms with van der Waals surface area (Å²) in [6, 6.07) is 4.05. The van der Waals surface area contributed by atoms with E-state index in [0.717, 1.165) is 23.2 Å². The fraction of sp³-hybridized carbons (Fsp3) is 0.533. The molecule has 2 heteroatoms. The summed E-state index contributed by atoms with van der Waals surface area (Å²) in [5.74, 6) is 1.10. The minimum Gasteiger partial charge on any atom is -0.461 e. The third-order valence-electron chi connectivity index (χ3n) is 3.14. The molecule has 2 nitrogen and oxygen atoms in total. The monoisotopic (exact) mass is 231 g/mol. The van der Waals surface area contributed by atoms with Crippen molar-refractivity contribution < 1.29 is 4.42 Å². The molecule has 0 saturated heterocycles. The van der Waals surface area contributed by atoms with Crippen LogP contribution in [0.1, 0.15) is 51.2 Å². The van der Waals surface area contributed by atoms with E-state index in [1.807, 2.05) is 12.3 Å². The van der Waals surface area contributed by atoms with Crippen LogP contribution in [-0.2, 0) is 6.42 Å². The second-order valence-electron chi connectivity index (χ2n) is 4.64. The van der Waals surface area contributed by atoms with E-state index in [2.05, 4.69) is 18.0 Å². The van der Waals surface area contributed by atoms with E-state index in [1.54, 1.807) is 6.20 Å². The molecular formula is C15H21NO. The highest BCUT2D eigenvalue weighted by molar-refractivity contribution is 5.76. The maximum Gasteiger partial charge on any atom is 0.137 e. The highest BCUT2D eigenvalue weighted by Gasteiger charge is 2.02. The molecule has 0 radical (unpaired) electrons. The number of furan rings is 1. The van der Waals surface area contributed by atoms with Gasteiger partial charge in [-0.15, -0.1) is 0 Å². The summed E-state index contributed by atoms with van der Waals surface area (Å²) in [6.07, 6.45) is 12.7. The molecule has 0 N–H and O–H groups in total. The largest absolute Gasteiger partial charge is 0.461 e. The Bertz CT molecular complexity index is 414. The van der Waals surface area contributed by atoms with Gasteiger partial charge in [-0.1, -0.05) is 39.0 Å². The van der Waals surface area contributed by atoms with Gasteiger partial charge in [0.2, 0.25) is 0 Å². The number of fused-ring (bicyclic) bond motifs is 1. The lowest BCUT2D eigenvalue weighted by molar-refractivity contribution is 0.521. The van der Waals surface area contributed by atoms with E-state index in [0.29, 0.717) is 0 Å². The van der Waals surface area contributed by atoms with Gasteiger partial charge in [-0.05, 0) is 18.6 Å². The van der Waals surface area contributed by atoms with Crippen molar-refractivity contribution in [1.82, 2.24) is 4.98 Å². The average Bonchev–Trinajstić information content (AvgIpc) is 2.76. The molecule has 2 aromatic heterocycles. The second-order valence-corrected chi connectivity index (χ2v) is 4.64. The number of aryl methyl sites for hydroxylation is 1. The van der Waals surface area contributed by atoms with Crippen molar-refractivity contribution in [2.75, 3.05) is 0 Å². The lowest BCUT2D eigenvalue weighted by Gasteiger charge is -1.98. The van der Waals surface area contributed by atoms with E-state index in [4.69, 9.17) is 4.42 Å². The van der Waals surface area contributed by atoms with Crippen molar-refractivity contribution in [2.24, 2.45) is 0 Å². The van der Waals surface area contributed by atoms with Gasteiger partial charge < -0.3 is 4.42 Å². The summed E-state index contributed by atoms with van der Waals surface area (Å²) in [6.45, 7) is 2.25. The van der Waals surface area contributed by atoms with Crippen LogP contribution in [0.25, 0.3) is 11.0 Å². The zero-order valence-corrected chi connectivity index (χ0v) is 10.6. The summed E-state index contributed by atoms with van der Waals surface area (Å²) in [4.78, 5) is 4.10. The molecule has 0 amide bonds. The fourth-order valence-corrected chi connectivity index (χ4v) is 2.14. The summed E-state index contributed by atoms with van der Waals surface area (Å²) >= 11 is 0. The molecule has 0 aromatic carbocycles. The quantitative estimate of drug-likeness (QED) is 0.644. The molecule has 0 aliphatic carbocycles. The Labute approximate surface area is 103 Å². The lowest BCUT2D eigenvalue weighted by atomic mass is 10.1. The number of unbranched alkanes of at least 4 members (excludes halogenated alkanes) is 5. The summed E-state index contributed by atoms with van der Waals surface area (Å²) in [5.41, 5.74) is 0.959. The Kier molecular flexibility index (Phi) is 4.60. The van der Waals surface area contributed by atoms with Crippen LogP contribution in [-0.4, -0.2) is 4.98 Å². The Balaban J connectivity index is 1.75. The third kappa shape index (κ3) is 3.58. The van der Waals surface area contributed by atoms with Gasteiger partial charge in [-0.3, -0.25) is 4.98 Å². The van der Waals surface area contributed by atoms with E-state index in [9.17, 15) is 0 Å². The summed E-state index contributed by atoms with van der Waals surface area (Å²) in [7, 11) is 0. The van der Waals surface area contributed by atoms with Gasteiger partial charge in [-0.25, -0.2) is 0 Å². The average molecular weight is 231 g/mol. The van der Waals surface area contributed by atoms with Crippen molar-refractivity contribution in [3.8, 4) is 0 Å². The van der Waals surface area contributed by atoms with Crippen molar-refractivity contribution in [1.29, 1.82) is 0 Å². The number of pyridine rings is 1. The van der Waals surface area contributed by atoms with Crippen molar-refractivity contribution in [3.05, 3.63) is 30.3 Å². The maximum atomic E-state index is 5.76. The van der Waals surface area contributed by atoms with Gasteiger partial charge in [0.25, 0.3) is 0 Å². The first kappa shape index (κ1) is 12.2. The number of aromatic nitrogens is 1. The van der Waals surface area contributed by atoms with Gasteiger partial charge in [0.05, 0.1) is 0 Å². The zero-order valence-electron chi connectivity index (χ0n) is 10.6. The van der Waals surface area contributed by atoms with Crippen LogP contribution in [0.2, 0.25) is 0 Å². The molecule has 0 unspecified atom stereocenters. The smallest absolute Gasteiger partial charge is 0.137 e. The molecule has 92 valence electrons. The third-order valence-corrected chi connectivity index (χ3v) is 3.14. The molecule has 0 aliphatic rings. The van der Waals surface area contributed by atoms with E-state index in [-0.39, 0.29) is 0 Å². The molecule has 0 fully saturated rings. The molecule has 0 atom stereocenters. The maximum absolute atomic E-state index is 5.76.